The highest BCUT2D eigenvalue weighted by atomic mass is 35.5. The highest BCUT2D eigenvalue weighted by Crippen LogP contribution is 2.30. The summed E-state index contributed by atoms with van der Waals surface area (Å²) in [7, 11) is 0. The van der Waals surface area contributed by atoms with Gasteiger partial charge in [-0.05, 0) is 25.7 Å². The molecule has 1 aliphatic carbocycles. The number of hydrogen-bond donors (Lipinski definition) is 2. The van der Waals surface area contributed by atoms with Crippen molar-refractivity contribution >= 4 is 24.8 Å². The van der Waals surface area contributed by atoms with Gasteiger partial charge in [-0.2, -0.15) is 5.10 Å². The van der Waals surface area contributed by atoms with E-state index in [-0.39, 0.29) is 24.8 Å². The Hall–Kier alpha value is -1.10. The molecule has 0 spiro atoms. The Morgan fingerprint density at radius 3 is 2.30 bits per heavy atom. The van der Waals surface area contributed by atoms with E-state index in [1.807, 2.05) is 30.3 Å². The van der Waals surface area contributed by atoms with Crippen molar-refractivity contribution in [3.05, 3.63) is 36.2 Å². The molecule has 0 atom stereocenters. The van der Waals surface area contributed by atoms with Gasteiger partial charge >= 0.3 is 0 Å². The van der Waals surface area contributed by atoms with Crippen molar-refractivity contribution in [1.29, 1.82) is 0 Å². The third-order valence-electron chi connectivity index (χ3n) is 3.69. The predicted octanol–water partition coefficient (Wildman–Crippen LogP) is 3.30. The van der Waals surface area contributed by atoms with Crippen LogP contribution in [0.4, 0.5) is 0 Å². The number of aromatic nitrogens is 3. The second kappa shape index (κ2) is 7.62. The van der Waals surface area contributed by atoms with Crippen molar-refractivity contribution in [3.63, 3.8) is 0 Å². The molecule has 2 aromatic rings. The number of H-pyrrole nitrogens is 1. The first kappa shape index (κ1) is 17.0. The lowest BCUT2D eigenvalue weighted by molar-refractivity contribution is 0.385. The van der Waals surface area contributed by atoms with E-state index in [9.17, 15) is 0 Å². The first-order valence-corrected chi connectivity index (χ1v) is 6.56. The number of halogens is 2. The smallest absolute Gasteiger partial charge is 0.181 e. The normalized spacial score (nSPS) is 21.6. The summed E-state index contributed by atoms with van der Waals surface area (Å²) in [6, 6.07) is 10.4. The number of nitrogens with one attached hydrogen (secondary N) is 1. The molecule has 0 amide bonds. The van der Waals surface area contributed by atoms with Gasteiger partial charge < -0.3 is 5.73 Å². The summed E-state index contributed by atoms with van der Waals surface area (Å²) in [4.78, 5) is 4.62. The Labute approximate surface area is 131 Å². The standard InChI is InChI=1S/C14H18N4.2ClH/c15-12-8-6-11(7-9-12)14-16-13(17-18-14)10-4-2-1-3-5-10;;/h1-5,11-12H,6-9,15H2,(H,16,17,18);2*1H. The minimum Gasteiger partial charge on any atom is -0.328 e. The van der Waals surface area contributed by atoms with Crippen LogP contribution in [0.25, 0.3) is 11.4 Å². The zero-order valence-electron chi connectivity index (χ0n) is 11.2. The van der Waals surface area contributed by atoms with Gasteiger partial charge in [-0.25, -0.2) is 4.98 Å². The molecule has 1 saturated carbocycles. The molecule has 110 valence electrons. The van der Waals surface area contributed by atoms with E-state index < -0.39 is 0 Å². The highest BCUT2D eigenvalue weighted by molar-refractivity contribution is 5.85. The van der Waals surface area contributed by atoms with Crippen molar-refractivity contribution in [2.45, 2.75) is 37.6 Å². The number of benzene rings is 1. The predicted molar refractivity (Wildman–Crippen MR) is 85.5 cm³/mol. The minimum atomic E-state index is 0. The molecule has 0 unspecified atom stereocenters. The van der Waals surface area contributed by atoms with Crippen molar-refractivity contribution in [3.8, 4) is 11.4 Å². The van der Waals surface area contributed by atoms with Crippen LogP contribution in [0, 0.1) is 0 Å². The molecule has 3 rings (SSSR count). The average molecular weight is 315 g/mol. The Bertz CT molecular complexity index is 507. The molecule has 1 aromatic carbocycles. The molecule has 4 nitrogen and oxygen atoms in total. The third kappa shape index (κ3) is 3.72. The molecule has 1 heterocycles. The monoisotopic (exact) mass is 314 g/mol. The fraction of sp³-hybridized carbons (Fsp3) is 0.429. The van der Waals surface area contributed by atoms with Gasteiger partial charge in [0.25, 0.3) is 0 Å². The quantitative estimate of drug-likeness (QED) is 0.893. The summed E-state index contributed by atoms with van der Waals surface area (Å²) in [6.45, 7) is 0. The summed E-state index contributed by atoms with van der Waals surface area (Å²) in [5, 5.41) is 7.40. The lowest BCUT2D eigenvalue weighted by Gasteiger charge is -2.23. The van der Waals surface area contributed by atoms with Gasteiger partial charge in [-0.1, -0.05) is 30.3 Å². The molecule has 3 N–H and O–H groups in total. The molecule has 20 heavy (non-hydrogen) atoms. The molecule has 0 aliphatic heterocycles. The van der Waals surface area contributed by atoms with Crippen LogP contribution in [0.1, 0.15) is 37.4 Å². The maximum atomic E-state index is 5.93. The minimum absolute atomic E-state index is 0. The summed E-state index contributed by atoms with van der Waals surface area (Å²) in [5.74, 6) is 2.30. The Kier molecular flexibility index (Phi) is 6.46. The van der Waals surface area contributed by atoms with Crippen LogP contribution >= 0.6 is 24.8 Å². The highest BCUT2D eigenvalue weighted by Gasteiger charge is 2.22. The van der Waals surface area contributed by atoms with E-state index >= 15 is 0 Å². The fourth-order valence-corrected chi connectivity index (χ4v) is 2.57. The first-order chi connectivity index (χ1) is 8.83. The maximum Gasteiger partial charge on any atom is 0.181 e. The van der Waals surface area contributed by atoms with E-state index in [1.54, 1.807) is 0 Å². The molecule has 0 radical (unpaired) electrons. The fourth-order valence-electron chi connectivity index (χ4n) is 2.57. The van der Waals surface area contributed by atoms with Crippen LogP contribution in [-0.4, -0.2) is 21.2 Å². The van der Waals surface area contributed by atoms with Crippen molar-refractivity contribution < 1.29 is 0 Å². The average Bonchev–Trinajstić information content (AvgIpc) is 2.90. The third-order valence-corrected chi connectivity index (χ3v) is 3.69. The molecule has 1 aromatic heterocycles. The summed E-state index contributed by atoms with van der Waals surface area (Å²) >= 11 is 0. The van der Waals surface area contributed by atoms with Gasteiger partial charge in [0, 0.05) is 17.5 Å². The number of nitrogens with two attached hydrogens (primary N) is 1. The van der Waals surface area contributed by atoms with E-state index in [2.05, 4.69) is 15.2 Å². The van der Waals surface area contributed by atoms with Crippen LogP contribution in [0.15, 0.2) is 30.3 Å². The largest absolute Gasteiger partial charge is 0.328 e. The lowest BCUT2D eigenvalue weighted by atomic mass is 9.86. The zero-order valence-corrected chi connectivity index (χ0v) is 12.8. The number of hydrogen-bond acceptors (Lipinski definition) is 3. The van der Waals surface area contributed by atoms with Crippen LogP contribution in [0.3, 0.4) is 0 Å². The summed E-state index contributed by atoms with van der Waals surface area (Å²) in [5.41, 5.74) is 6.99. The number of rotatable bonds is 2. The summed E-state index contributed by atoms with van der Waals surface area (Å²) in [6.07, 6.45) is 4.41. The Balaban J connectivity index is 0.000001000. The summed E-state index contributed by atoms with van der Waals surface area (Å²) < 4.78 is 0. The molecular formula is C14H20Cl2N4. The first-order valence-electron chi connectivity index (χ1n) is 6.56. The second-order valence-electron chi connectivity index (χ2n) is 5.02. The Morgan fingerprint density at radius 2 is 1.65 bits per heavy atom. The molecule has 0 saturated heterocycles. The molecule has 1 aliphatic rings. The van der Waals surface area contributed by atoms with E-state index in [4.69, 9.17) is 5.73 Å². The molecule has 1 fully saturated rings. The van der Waals surface area contributed by atoms with E-state index in [0.717, 1.165) is 42.9 Å². The second-order valence-corrected chi connectivity index (χ2v) is 5.02. The maximum absolute atomic E-state index is 5.93. The number of aromatic amines is 1. The van der Waals surface area contributed by atoms with Gasteiger partial charge in [0.1, 0.15) is 5.82 Å². The van der Waals surface area contributed by atoms with Gasteiger partial charge in [0.15, 0.2) is 5.82 Å². The van der Waals surface area contributed by atoms with Crippen molar-refractivity contribution in [2.75, 3.05) is 0 Å². The van der Waals surface area contributed by atoms with Gasteiger partial charge in [0.05, 0.1) is 0 Å². The SMILES string of the molecule is Cl.Cl.NC1CCC(c2nc(-c3ccccc3)n[nH]2)CC1. The van der Waals surface area contributed by atoms with Crippen LogP contribution in [0.5, 0.6) is 0 Å². The Morgan fingerprint density at radius 1 is 1.00 bits per heavy atom. The molecule has 6 heteroatoms. The van der Waals surface area contributed by atoms with Crippen LogP contribution in [0.2, 0.25) is 0 Å². The lowest BCUT2D eigenvalue weighted by Crippen LogP contribution is -2.26. The zero-order chi connectivity index (χ0) is 12.4. The van der Waals surface area contributed by atoms with Gasteiger partial charge in [-0.3, -0.25) is 5.10 Å². The topological polar surface area (TPSA) is 67.6 Å². The molecule has 0 bridgehead atoms. The van der Waals surface area contributed by atoms with E-state index in [0.29, 0.717) is 12.0 Å². The van der Waals surface area contributed by atoms with Crippen LogP contribution < -0.4 is 5.73 Å². The van der Waals surface area contributed by atoms with E-state index in [1.165, 1.54) is 0 Å². The van der Waals surface area contributed by atoms with Crippen LogP contribution in [-0.2, 0) is 0 Å². The number of nitrogens with zero attached hydrogens (tertiary/aromatic N) is 2. The molecular weight excluding hydrogens is 295 g/mol. The van der Waals surface area contributed by atoms with Gasteiger partial charge in [0.2, 0.25) is 0 Å². The van der Waals surface area contributed by atoms with Gasteiger partial charge in [-0.15, -0.1) is 24.8 Å². The van der Waals surface area contributed by atoms with Crippen molar-refractivity contribution in [2.24, 2.45) is 5.73 Å². The van der Waals surface area contributed by atoms with Crippen molar-refractivity contribution in [1.82, 2.24) is 15.2 Å².